The average molecular weight is 1110 g/mol. The van der Waals surface area contributed by atoms with E-state index < -0.39 is 23.3 Å². The zero-order valence-electron chi connectivity index (χ0n) is 45.9. The number of aromatic nitrogens is 7. The van der Waals surface area contributed by atoms with Gasteiger partial charge in [0, 0.05) is 113 Å². The number of aliphatic hydroxyl groups is 1. The molecule has 3 aromatic carbocycles. The standard InChI is InChI=1S/C58H64N16O8/c1-35-30-69(20-23-72(35)54(76)38-12-11-19-62-29-38)46-27-43(64-67-52(46)60)40-14-6-9-17-49(40)81-57(4,79)55(77)73-24-21-70(31-36(73)2)47-28-44(65-68-53(47)61)41-15-7-10-18-50(41)82-58(33-80-34-58)56(78)74-25-22-71(32-37(74)3)45-26-42(63-66-51(45)59)39-13-5-8-16-48(39)75/h5-19,26-29,35-37,75,79H,20-25,30-34H2,1-4H3,(H2,59,66)(H2,60,67)(H2,61,68). The Balaban J connectivity index is 0.741. The molecule has 4 fully saturated rings. The van der Waals surface area contributed by atoms with Gasteiger partial charge in [-0.15, -0.1) is 30.6 Å². The molecule has 424 valence electrons. The number of hydrogen-bond donors (Lipinski definition) is 5. The van der Waals surface area contributed by atoms with Gasteiger partial charge in [-0.25, -0.2) is 0 Å². The first-order valence-electron chi connectivity index (χ1n) is 27.1. The van der Waals surface area contributed by atoms with Crippen molar-refractivity contribution in [2.75, 3.05) is 104 Å². The van der Waals surface area contributed by atoms with Gasteiger partial charge in [0.15, 0.2) is 17.5 Å². The fourth-order valence-corrected chi connectivity index (χ4v) is 11.2. The molecule has 0 bridgehead atoms. The summed E-state index contributed by atoms with van der Waals surface area (Å²) in [5, 5.41) is 48.3. The Morgan fingerprint density at radius 1 is 0.598 bits per heavy atom. The molecule has 0 saturated carbocycles. The molecule has 24 heteroatoms. The first-order valence-corrected chi connectivity index (χ1v) is 27.1. The van der Waals surface area contributed by atoms with Crippen LogP contribution in [-0.4, -0.2) is 180 Å². The number of nitrogen functional groups attached to an aromatic ring is 3. The van der Waals surface area contributed by atoms with Crippen molar-refractivity contribution in [1.29, 1.82) is 0 Å². The molecule has 8 heterocycles. The Kier molecular flexibility index (Phi) is 14.8. The van der Waals surface area contributed by atoms with E-state index in [0.29, 0.717) is 115 Å². The van der Waals surface area contributed by atoms with E-state index in [2.05, 4.69) is 45.4 Å². The monoisotopic (exact) mass is 1110 g/mol. The summed E-state index contributed by atoms with van der Waals surface area (Å²) in [5.41, 5.74) is 23.3. The normalized spacial score (nSPS) is 19.7. The minimum atomic E-state index is -2.31. The van der Waals surface area contributed by atoms with Gasteiger partial charge >= 0.3 is 0 Å². The van der Waals surface area contributed by atoms with E-state index in [4.69, 9.17) is 31.4 Å². The SMILES string of the molecule is CC1CN(c2cc(-c3ccccc3OC(C)(O)C(=O)N3CCN(c4cc(-c5ccccc5OC5(C(=O)N6CCN(c7cc(-c8ccccc8O)nnc7N)CC6C)COC5)nnc4N)CC3C)nnc2N)CCN1C(=O)c1cccnc1. The van der Waals surface area contributed by atoms with E-state index >= 15 is 0 Å². The summed E-state index contributed by atoms with van der Waals surface area (Å²) in [4.78, 5) is 57.8. The third-order valence-corrected chi connectivity index (χ3v) is 15.6. The second-order valence-corrected chi connectivity index (χ2v) is 21.3. The van der Waals surface area contributed by atoms with Crippen LogP contribution < -0.4 is 41.4 Å². The number of phenols is 1. The fraction of sp³-hybridized carbons (Fsp3) is 0.345. The maximum atomic E-state index is 14.6. The van der Waals surface area contributed by atoms with E-state index in [9.17, 15) is 24.6 Å². The van der Waals surface area contributed by atoms with Gasteiger partial charge in [0.2, 0.25) is 5.60 Å². The van der Waals surface area contributed by atoms with Crippen LogP contribution >= 0.6 is 0 Å². The number of phenolic OH excluding ortho intramolecular Hbond substituents is 1. The Hall–Kier alpha value is -9.42. The maximum Gasteiger partial charge on any atom is 0.295 e. The number of hydrogen-bond acceptors (Lipinski definition) is 21. The van der Waals surface area contributed by atoms with E-state index in [1.54, 1.807) is 90.1 Å². The van der Waals surface area contributed by atoms with Crippen molar-refractivity contribution in [1.82, 2.24) is 50.3 Å². The molecule has 4 unspecified atom stereocenters. The first-order chi connectivity index (χ1) is 39.5. The highest BCUT2D eigenvalue weighted by Crippen LogP contribution is 2.40. The van der Waals surface area contributed by atoms with Gasteiger partial charge in [0.1, 0.15) is 17.2 Å². The van der Waals surface area contributed by atoms with Crippen LogP contribution in [-0.2, 0) is 14.3 Å². The molecule has 0 spiro atoms. The summed E-state index contributed by atoms with van der Waals surface area (Å²) in [7, 11) is 0. The predicted molar refractivity (Wildman–Crippen MR) is 306 cm³/mol. The summed E-state index contributed by atoms with van der Waals surface area (Å²) in [6.07, 6.45) is 3.19. The lowest BCUT2D eigenvalue weighted by atomic mass is 9.97. The predicted octanol–water partition coefficient (Wildman–Crippen LogP) is 3.97. The average Bonchev–Trinajstić information content (AvgIpc) is 3.62. The highest BCUT2D eigenvalue weighted by molar-refractivity contribution is 5.94. The number of ether oxygens (including phenoxy) is 3. The van der Waals surface area contributed by atoms with Gasteiger partial charge in [-0.05, 0) is 87.5 Å². The van der Waals surface area contributed by atoms with Crippen molar-refractivity contribution >= 4 is 52.2 Å². The number of nitrogens with two attached hydrogens (primary N) is 3. The first kappa shape index (κ1) is 54.5. The molecular formula is C58H64N16O8. The second-order valence-electron chi connectivity index (χ2n) is 21.3. The summed E-state index contributed by atoms with van der Waals surface area (Å²) < 4.78 is 18.6. The lowest BCUT2D eigenvalue weighted by Crippen LogP contribution is -2.68. The number of piperazine rings is 3. The molecule has 7 aromatic rings. The number of amides is 3. The van der Waals surface area contributed by atoms with Crippen LogP contribution in [0.4, 0.5) is 34.5 Å². The third kappa shape index (κ3) is 10.6. The van der Waals surface area contributed by atoms with Gasteiger partial charge in [0.25, 0.3) is 23.5 Å². The van der Waals surface area contributed by atoms with Crippen LogP contribution in [0.25, 0.3) is 33.8 Å². The number of carbonyl (C=O) groups excluding carboxylic acids is 3. The van der Waals surface area contributed by atoms with Crippen molar-refractivity contribution in [3.8, 4) is 51.0 Å². The molecule has 4 aliphatic rings. The topological polar surface area (TPSA) is 307 Å². The lowest BCUT2D eigenvalue weighted by Gasteiger charge is -2.47. The highest BCUT2D eigenvalue weighted by Gasteiger charge is 2.53. The Bertz CT molecular complexity index is 3540. The number of nitrogens with zero attached hydrogens (tertiary/aromatic N) is 13. The largest absolute Gasteiger partial charge is 0.507 e. The number of aromatic hydroxyl groups is 1. The molecule has 4 atom stereocenters. The van der Waals surface area contributed by atoms with Crippen molar-refractivity contribution in [2.24, 2.45) is 0 Å². The summed E-state index contributed by atoms with van der Waals surface area (Å²) in [6.45, 7) is 10.8. The van der Waals surface area contributed by atoms with Gasteiger partial charge in [0.05, 0.1) is 52.9 Å². The Labute approximate surface area is 473 Å². The smallest absolute Gasteiger partial charge is 0.295 e. The number of carbonyl (C=O) groups is 3. The molecule has 3 amide bonds. The molecule has 0 aliphatic carbocycles. The molecule has 0 radical (unpaired) electrons. The zero-order valence-corrected chi connectivity index (χ0v) is 45.9. The second kappa shape index (κ2) is 22.3. The van der Waals surface area contributed by atoms with Crippen molar-refractivity contribution < 1.29 is 38.8 Å². The molecular weight excluding hydrogens is 1050 g/mol. The Morgan fingerprint density at radius 2 is 1.06 bits per heavy atom. The minimum absolute atomic E-state index is 0.0402. The molecule has 4 saturated heterocycles. The van der Waals surface area contributed by atoms with Crippen molar-refractivity contribution in [3.63, 3.8) is 0 Å². The van der Waals surface area contributed by atoms with Crippen LogP contribution in [0, 0.1) is 0 Å². The summed E-state index contributed by atoms with van der Waals surface area (Å²) in [5.74, 6) is -1.96. The number of anilines is 6. The van der Waals surface area contributed by atoms with E-state index in [0.717, 1.165) is 0 Å². The van der Waals surface area contributed by atoms with Gasteiger partial charge in [-0.1, -0.05) is 36.4 Å². The van der Waals surface area contributed by atoms with Crippen LogP contribution in [0.2, 0.25) is 0 Å². The number of pyridine rings is 1. The molecule has 11 rings (SSSR count). The number of para-hydroxylation sites is 3. The maximum absolute atomic E-state index is 14.6. The molecule has 4 aromatic heterocycles. The van der Waals surface area contributed by atoms with E-state index in [1.165, 1.54) is 6.92 Å². The van der Waals surface area contributed by atoms with Gasteiger partial charge in [-0.2, -0.15) is 0 Å². The lowest BCUT2D eigenvalue weighted by molar-refractivity contribution is -0.193. The number of rotatable bonds is 13. The molecule has 82 heavy (non-hydrogen) atoms. The van der Waals surface area contributed by atoms with Crippen LogP contribution in [0.15, 0.2) is 116 Å². The van der Waals surface area contributed by atoms with Crippen molar-refractivity contribution in [2.45, 2.75) is 57.2 Å². The Morgan fingerprint density at radius 3 is 1.55 bits per heavy atom. The number of benzene rings is 3. The summed E-state index contributed by atoms with van der Waals surface area (Å²) in [6, 6.07) is 29.2. The fourth-order valence-electron chi connectivity index (χ4n) is 11.2. The van der Waals surface area contributed by atoms with Gasteiger partial charge < -0.3 is 71.0 Å². The quantitative estimate of drug-likeness (QED) is 0.102. The zero-order chi connectivity index (χ0) is 57.5. The molecule has 4 aliphatic heterocycles. The third-order valence-electron chi connectivity index (χ3n) is 15.6. The van der Waals surface area contributed by atoms with Gasteiger partial charge in [-0.3, -0.25) is 19.4 Å². The van der Waals surface area contributed by atoms with Crippen molar-refractivity contribution in [3.05, 3.63) is 121 Å². The highest BCUT2D eigenvalue weighted by atomic mass is 16.6. The van der Waals surface area contributed by atoms with E-state index in [-0.39, 0.29) is 72.6 Å². The van der Waals surface area contributed by atoms with Crippen LogP contribution in [0.5, 0.6) is 17.2 Å². The molecule has 24 nitrogen and oxygen atoms in total. The molecule has 8 N–H and O–H groups in total. The van der Waals surface area contributed by atoms with E-state index in [1.807, 2.05) is 65.8 Å². The van der Waals surface area contributed by atoms with Crippen LogP contribution in [0.1, 0.15) is 38.1 Å². The summed E-state index contributed by atoms with van der Waals surface area (Å²) >= 11 is 0. The minimum Gasteiger partial charge on any atom is -0.507 e. The van der Waals surface area contributed by atoms with Crippen LogP contribution in [0.3, 0.4) is 0 Å².